The van der Waals surface area contributed by atoms with E-state index in [1.807, 2.05) is 6.07 Å². The van der Waals surface area contributed by atoms with Gasteiger partial charge in [-0.2, -0.15) is 0 Å². The summed E-state index contributed by atoms with van der Waals surface area (Å²) in [5.74, 6) is -0.348. The summed E-state index contributed by atoms with van der Waals surface area (Å²) in [4.78, 5) is 11.4. The number of rotatable bonds is 4. The topological polar surface area (TPSA) is 26.3 Å². The second-order valence-corrected chi connectivity index (χ2v) is 5.19. The predicted molar refractivity (Wildman–Crippen MR) is 71.8 cm³/mol. The molecule has 2 nitrogen and oxygen atoms in total. The molecule has 0 aliphatic heterocycles. The van der Waals surface area contributed by atoms with E-state index in [1.165, 1.54) is 10.1 Å². The van der Waals surface area contributed by atoms with Gasteiger partial charge in [-0.15, -0.1) is 22.9 Å². The number of alkyl halides is 1. The van der Waals surface area contributed by atoms with E-state index in [4.69, 9.17) is 16.3 Å². The molecule has 1 aromatic heterocycles. The maximum atomic E-state index is 11.4. The number of halogens is 1. The second kappa shape index (κ2) is 5.52. The van der Waals surface area contributed by atoms with E-state index in [2.05, 4.69) is 23.6 Å². The molecule has 0 saturated heterocycles. The number of thiophene rings is 1. The minimum absolute atomic E-state index is 0.348. The molecule has 4 heteroatoms. The quantitative estimate of drug-likeness (QED) is 0.625. The molecule has 0 N–H and O–H groups in total. The number of carbonyl (C=O) groups is 1. The van der Waals surface area contributed by atoms with Crippen LogP contribution in [0.5, 0.6) is 0 Å². The number of hydrogen-bond acceptors (Lipinski definition) is 3. The Morgan fingerprint density at radius 3 is 3.06 bits per heavy atom. The van der Waals surface area contributed by atoms with Gasteiger partial charge in [-0.1, -0.05) is 12.1 Å². The van der Waals surface area contributed by atoms with E-state index in [9.17, 15) is 4.79 Å². The van der Waals surface area contributed by atoms with Gasteiger partial charge in [0, 0.05) is 4.70 Å². The van der Waals surface area contributed by atoms with Crippen molar-refractivity contribution in [2.75, 3.05) is 6.61 Å². The summed E-state index contributed by atoms with van der Waals surface area (Å²) < 4.78 is 6.13. The van der Waals surface area contributed by atoms with Gasteiger partial charge < -0.3 is 4.74 Å². The van der Waals surface area contributed by atoms with Gasteiger partial charge in [-0.25, -0.2) is 0 Å². The van der Waals surface area contributed by atoms with Crippen LogP contribution in [0, 0.1) is 0 Å². The Balaban J connectivity index is 2.09. The summed E-state index contributed by atoms with van der Waals surface area (Å²) in [5.41, 5.74) is 1.06. The molecule has 0 amide bonds. The summed E-state index contributed by atoms with van der Waals surface area (Å²) in [6, 6.07) is 8.20. The number of fused-ring (bicyclic) bond motifs is 1. The van der Waals surface area contributed by atoms with E-state index in [-0.39, 0.29) is 5.97 Å². The van der Waals surface area contributed by atoms with Crippen molar-refractivity contribution in [3.8, 4) is 0 Å². The largest absolute Gasteiger partial charge is 0.465 e. The summed E-state index contributed by atoms with van der Waals surface area (Å²) in [6.45, 7) is 2.14. The highest BCUT2D eigenvalue weighted by Gasteiger charge is 2.17. The Labute approximate surface area is 109 Å². The molecule has 1 unspecified atom stereocenters. The highest BCUT2D eigenvalue weighted by atomic mass is 35.5. The smallest absolute Gasteiger partial charge is 0.324 e. The van der Waals surface area contributed by atoms with E-state index in [1.54, 1.807) is 18.3 Å². The maximum absolute atomic E-state index is 11.4. The molecule has 17 heavy (non-hydrogen) atoms. The maximum Gasteiger partial charge on any atom is 0.324 e. The van der Waals surface area contributed by atoms with Crippen LogP contribution >= 0.6 is 22.9 Å². The molecule has 0 bridgehead atoms. The lowest BCUT2D eigenvalue weighted by molar-refractivity contribution is -0.142. The zero-order chi connectivity index (χ0) is 12.3. The molecule has 0 radical (unpaired) electrons. The highest BCUT2D eigenvalue weighted by Crippen LogP contribution is 2.23. The van der Waals surface area contributed by atoms with Crippen molar-refractivity contribution in [1.29, 1.82) is 0 Å². The monoisotopic (exact) mass is 268 g/mol. The molecule has 0 fully saturated rings. The number of benzene rings is 1. The van der Waals surface area contributed by atoms with Gasteiger partial charge in [0.25, 0.3) is 0 Å². The zero-order valence-electron chi connectivity index (χ0n) is 9.48. The molecule has 90 valence electrons. The fourth-order valence-electron chi connectivity index (χ4n) is 1.67. The average Bonchev–Trinajstić information content (AvgIpc) is 2.76. The van der Waals surface area contributed by atoms with Crippen LogP contribution in [-0.2, 0) is 16.0 Å². The molecule has 2 aromatic rings. The molecular weight excluding hydrogens is 256 g/mol. The van der Waals surface area contributed by atoms with E-state index in [0.29, 0.717) is 13.0 Å². The first kappa shape index (κ1) is 12.4. The molecule has 0 aliphatic rings. The third-order valence-corrected chi connectivity index (χ3v) is 3.70. The fraction of sp³-hybridized carbons (Fsp3) is 0.308. The molecular formula is C13H13ClO2S. The number of carbonyl (C=O) groups excluding carboxylic acids is 1. The number of ether oxygens (including phenoxy) is 1. The van der Waals surface area contributed by atoms with Crippen LogP contribution in [0.25, 0.3) is 10.1 Å². The fourth-order valence-corrected chi connectivity index (χ4v) is 2.68. The summed E-state index contributed by atoms with van der Waals surface area (Å²) in [6.07, 6.45) is 0.506. The van der Waals surface area contributed by atoms with Gasteiger partial charge in [0.15, 0.2) is 0 Å². The van der Waals surface area contributed by atoms with Crippen LogP contribution in [0.1, 0.15) is 12.5 Å². The van der Waals surface area contributed by atoms with Gasteiger partial charge in [0.2, 0.25) is 0 Å². The van der Waals surface area contributed by atoms with Crippen molar-refractivity contribution in [1.82, 2.24) is 0 Å². The van der Waals surface area contributed by atoms with Gasteiger partial charge in [-0.05, 0) is 41.8 Å². The van der Waals surface area contributed by atoms with Crippen LogP contribution in [0.4, 0.5) is 0 Å². The first-order chi connectivity index (χ1) is 8.20. The number of esters is 1. The predicted octanol–water partition coefficient (Wildman–Crippen LogP) is 3.61. The second-order valence-electron chi connectivity index (χ2n) is 3.72. The van der Waals surface area contributed by atoms with Crippen LogP contribution in [0.2, 0.25) is 0 Å². The molecule has 1 heterocycles. The molecule has 0 saturated carbocycles. The average molecular weight is 269 g/mol. The van der Waals surface area contributed by atoms with Crippen LogP contribution in [0.3, 0.4) is 0 Å². The first-order valence-electron chi connectivity index (χ1n) is 5.47. The third-order valence-electron chi connectivity index (χ3n) is 2.47. The normalized spacial score (nSPS) is 12.6. The van der Waals surface area contributed by atoms with Crippen molar-refractivity contribution >= 4 is 39.0 Å². The van der Waals surface area contributed by atoms with Crippen LogP contribution in [0.15, 0.2) is 29.6 Å². The van der Waals surface area contributed by atoms with Crippen molar-refractivity contribution in [2.24, 2.45) is 0 Å². The first-order valence-corrected chi connectivity index (χ1v) is 6.79. The van der Waals surface area contributed by atoms with Crippen LogP contribution in [-0.4, -0.2) is 18.0 Å². The van der Waals surface area contributed by atoms with E-state index in [0.717, 1.165) is 5.56 Å². The van der Waals surface area contributed by atoms with Crippen molar-refractivity contribution in [2.45, 2.75) is 18.7 Å². The molecule has 1 atom stereocenters. The molecule has 1 aromatic carbocycles. The highest BCUT2D eigenvalue weighted by molar-refractivity contribution is 7.17. The molecule has 0 aliphatic carbocycles. The van der Waals surface area contributed by atoms with E-state index >= 15 is 0 Å². The summed E-state index contributed by atoms with van der Waals surface area (Å²) in [5, 5.41) is 2.64. The summed E-state index contributed by atoms with van der Waals surface area (Å²) >= 11 is 7.70. The lowest BCUT2D eigenvalue weighted by atomic mass is 10.1. The lowest BCUT2D eigenvalue weighted by Crippen LogP contribution is -2.20. The van der Waals surface area contributed by atoms with Crippen molar-refractivity contribution in [3.05, 3.63) is 35.2 Å². The third kappa shape index (κ3) is 2.99. The van der Waals surface area contributed by atoms with Gasteiger partial charge in [0.1, 0.15) is 5.38 Å². The minimum Gasteiger partial charge on any atom is -0.465 e. The van der Waals surface area contributed by atoms with Gasteiger partial charge in [-0.3, -0.25) is 4.79 Å². The Morgan fingerprint density at radius 1 is 1.47 bits per heavy atom. The standard InChI is InChI=1S/C13H13ClO2S/c1-2-16-13(15)11(14)8-9-3-4-12-10(7-9)5-6-17-12/h3-7,11H,2,8H2,1H3. The van der Waals surface area contributed by atoms with Gasteiger partial charge in [0.05, 0.1) is 6.61 Å². The minimum atomic E-state index is -0.606. The number of hydrogen-bond donors (Lipinski definition) is 0. The zero-order valence-corrected chi connectivity index (χ0v) is 11.1. The van der Waals surface area contributed by atoms with Crippen LogP contribution < -0.4 is 0 Å². The SMILES string of the molecule is CCOC(=O)C(Cl)Cc1ccc2sccc2c1. The lowest BCUT2D eigenvalue weighted by Gasteiger charge is -2.08. The molecule has 0 spiro atoms. The Bertz CT molecular complexity index is 521. The van der Waals surface area contributed by atoms with Crippen molar-refractivity contribution in [3.63, 3.8) is 0 Å². The van der Waals surface area contributed by atoms with E-state index < -0.39 is 5.38 Å². The Hall–Kier alpha value is -1.06. The van der Waals surface area contributed by atoms with Crippen molar-refractivity contribution < 1.29 is 9.53 Å². The Morgan fingerprint density at radius 2 is 2.29 bits per heavy atom. The Kier molecular flexibility index (Phi) is 4.02. The molecule has 2 rings (SSSR count). The van der Waals surface area contributed by atoms with Gasteiger partial charge >= 0.3 is 5.97 Å². The summed E-state index contributed by atoms with van der Waals surface area (Å²) in [7, 11) is 0.